The molecule has 0 aromatic carbocycles. The van der Waals surface area contributed by atoms with Crippen LogP contribution in [0.3, 0.4) is 0 Å². The van der Waals surface area contributed by atoms with Crippen LogP contribution in [-0.4, -0.2) is 30.3 Å². The molecule has 0 fully saturated rings. The standard InChI is InChI=1S/C9H13N5O/c1-14-7(4-5-11-14)2-3-9(15)8-6-10-13-12-8/h4-6,9,15H,2-3H2,1H3,(H,10,12,13). The van der Waals surface area contributed by atoms with Crippen LogP contribution in [0.1, 0.15) is 23.9 Å². The lowest BCUT2D eigenvalue weighted by molar-refractivity contribution is 0.162. The van der Waals surface area contributed by atoms with Gasteiger partial charge in [0.25, 0.3) is 0 Å². The molecule has 0 bridgehead atoms. The molecular formula is C9H13N5O. The van der Waals surface area contributed by atoms with Crippen LogP contribution >= 0.6 is 0 Å². The summed E-state index contributed by atoms with van der Waals surface area (Å²) in [7, 11) is 1.89. The molecule has 0 amide bonds. The number of H-pyrrole nitrogens is 1. The van der Waals surface area contributed by atoms with E-state index in [4.69, 9.17) is 0 Å². The number of aryl methyl sites for hydroxylation is 2. The summed E-state index contributed by atoms with van der Waals surface area (Å²) in [6.45, 7) is 0. The molecule has 2 N–H and O–H groups in total. The molecule has 0 radical (unpaired) electrons. The summed E-state index contributed by atoms with van der Waals surface area (Å²) < 4.78 is 1.80. The Bertz CT molecular complexity index is 408. The van der Waals surface area contributed by atoms with E-state index in [0.29, 0.717) is 12.1 Å². The molecule has 0 saturated heterocycles. The van der Waals surface area contributed by atoms with Crippen molar-refractivity contribution in [3.8, 4) is 0 Å². The van der Waals surface area contributed by atoms with Gasteiger partial charge in [0.2, 0.25) is 0 Å². The first-order chi connectivity index (χ1) is 7.27. The first kappa shape index (κ1) is 9.85. The lowest BCUT2D eigenvalue weighted by Crippen LogP contribution is -2.03. The molecule has 1 unspecified atom stereocenters. The van der Waals surface area contributed by atoms with Crippen LogP contribution in [0.4, 0.5) is 0 Å². The van der Waals surface area contributed by atoms with E-state index in [0.717, 1.165) is 12.1 Å². The van der Waals surface area contributed by atoms with E-state index in [9.17, 15) is 5.11 Å². The van der Waals surface area contributed by atoms with E-state index >= 15 is 0 Å². The quantitative estimate of drug-likeness (QED) is 0.750. The fourth-order valence-corrected chi connectivity index (χ4v) is 1.45. The Labute approximate surface area is 86.9 Å². The van der Waals surface area contributed by atoms with E-state index in [1.165, 1.54) is 6.20 Å². The van der Waals surface area contributed by atoms with Gasteiger partial charge in [-0.1, -0.05) is 0 Å². The van der Waals surface area contributed by atoms with Crippen molar-refractivity contribution in [1.82, 2.24) is 25.2 Å². The Balaban J connectivity index is 1.91. The van der Waals surface area contributed by atoms with Gasteiger partial charge in [0.1, 0.15) is 5.69 Å². The molecule has 80 valence electrons. The Morgan fingerprint density at radius 1 is 1.60 bits per heavy atom. The molecule has 2 heterocycles. The smallest absolute Gasteiger partial charge is 0.111 e. The van der Waals surface area contributed by atoms with E-state index in [1.54, 1.807) is 10.9 Å². The number of hydrogen-bond acceptors (Lipinski definition) is 4. The Morgan fingerprint density at radius 2 is 2.47 bits per heavy atom. The van der Waals surface area contributed by atoms with Crippen molar-refractivity contribution in [1.29, 1.82) is 0 Å². The van der Waals surface area contributed by atoms with Gasteiger partial charge in [0, 0.05) is 18.9 Å². The van der Waals surface area contributed by atoms with Crippen molar-refractivity contribution in [3.05, 3.63) is 29.8 Å². The van der Waals surface area contributed by atoms with Crippen molar-refractivity contribution in [2.75, 3.05) is 0 Å². The second-order valence-corrected chi connectivity index (χ2v) is 3.40. The van der Waals surface area contributed by atoms with E-state index in [2.05, 4.69) is 20.5 Å². The Hall–Kier alpha value is -1.69. The zero-order valence-electron chi connectivity index (χ0n) is 8.46. The first-order valence-corrected chi connectivity index (χ1v) is 4.78. The topological polar surface area (TPSA) is 79.6 Å². The van der Waals surface area contributed by atoms with Gasteiger partial charge < -0.3 is 5.11 Å². The molecule has 6 nitrogen and oxygen atoms in total. The Morgan fingerprint density at radius 3 is 3.07 bits per heavy atom. The van der Waals surface area contributed by atoms with Crippen molar-refractivity contribution >= 4 is 0 Å². The van der Waals surface area contributed by atoms with Crippen molar-refractivity contribution in [3.63, 3.8) is 0 Å². The molecule has 15 heavy (non-hydrogen) atoms. The summed E-state index contributed by atoms with van der Waals surface area (Å²) in [4.78, 5) is 0. The number of nitrogens with zero attached hydrogens (tertiary/aromatic N) is 4. The molecule has 2 rings (SSSR count). The van der Waals surface area contributed by atoms with Crippen LogP contribution in [0, 0.1) is 0 Å². The second-order valence-electron chi connectivity index (χ2n) is 3.40. The molecule has 0 aliphatic rings. The van der Waals surface area contributed by atoms with Gasteiger partial charge in [-0.05, 0) is 18.9 Å². The largest absolute Gasteiger partial charge is 0.387 e. The highest BCUT2D eigenvalue weighted by Crippen LogP contribution is 2.15. The van der Waals surface area contributed by atoms with Crippen molar-refractivity contribution in [2.24, 2.45) is 7.05 Å². The average molecular weight is 207 g/mol. The number of hydrogen-bond donors (Lipinski definition) is 2. The third kappa shape index (κ3) is 2.21. The van der Waals surface area contributed by atoms with Crippen LogP contribution in [-0.2, 0) is 13.5 Å². The molecular weight excluding hydrogens is 194 g/mol. The molecule has 6 heteroatoms. The Kier molecular flexibility index (Phi) is 2.77. The van der Waals surface area contributed by atoms with Gasteiger partial charge in [-0.2, -0.15) is 20.5 Å². The van der Waals surface area contributed by atoms with Gasteiger partial charge in [-0.15, -0.1) is 0 Å². The van der Waals surface area contributed by atoms with Crippen LogP contribution in [0.15, 0.2) is 18.5 Å². The summed E-state index contributed by atoms with van der Waals surface area (Å²) in [5, 5.41) is 23.8. The highest BCUT2D eigenvalue weighted by Gasteiger charge is 2.11. The summed E-state index contributed by atoms with van der Waals surface area (Å²) in [5.41, 5.74) is 1.68. The molecule has 0 saturated carbocycles. The fourth-order valence-electron chi connectivity index (χ4n) is 1.45. The minimum Gasteiger partial charge on any atom is -0.387 e. The summed E-state index contributed by atoms with van der Waals surface area (Å²) in [5.74, 6) is 0. The number of nitrogens with one attached hydrogen (secondary N) is 1. The maximum absolute atomic E-state index is 9.75. The minimum absolute atomic E-state index is 0.571. The average Bonchev–Trinajstić information content (AvgIpc) is 2.85. The zero-order chi connectivity index (χ0) is 10.7. The van der Waals surface area contributed by atoms with E-state index in [1.807, 2.05) is 13.1 Å². The van der Waals surface area contributed by atoms with Crippen molar-refractivity contribution in [2.45, 2.75) is 18.9 Å². The van der Waals surface area contributed by atoms with E-state index < -0.39 is 6.10 Å². The van der Waals surface area contributed by atoms with Crippen LogP contribution in [0.25, 0.3) is 0 Å². The third-order valence-corrected chi connectivity index (χ3v) is 2.37. The fraction of sp³-hybridized carbons (Fsp3) is 0.444. The molecule has 1 atom stereocenters. The van der Waals surface area contributed by atoms with E-state index in [-0.39, 0.29) is 0 Å². The lowest BCUT2D eigenvalue weighted by Gasteiger charge is -2.06. The summed E-state index contributed by atoms with van der Waals surface area (Å²) in [6, 6.07) is 1.94. The zero-order valence-corrected chi connectivity index (χ0v) is 8.46. The number of aromatic amines is 1. The molecule has 0 aliphatic heterocycles. The SMILES string of the molecule is Cn1nccc1CCC(O)c1cn[nH]n1. The summed E-state index contributed by atoms with van der Waals surface area (Å²) in [6.07, 6.45) is 4.10. The summed E-state index contributed by atoms with van der Waals surface area (Å²) >= 11 is 0. The van der Waals surface area contributed by atoms with Crippen LogP contribution in [0.2, 0.25) is 0 Å². The molecule has 2 aromatic heterocycles. The normalized spacial score (nSPS) is 12.9. The molecule has 0 spiro atoms. The van der Waals surface area contributed by atoms with Crippen molar-refractivity contribution < 1.29 is 5.11 Å². The molecule has 0 aliphatic carbocycles. The predicted molar refractivity (Wildman–Crippen MR) is 52.9 cm³/mol. The monoisotopic (exact) mass is 207 g/mol. The van der Waals surface area contributed by atoms with Gasteiger partial charge in [-0.25, -0.2) is 0 Å². The van der Waals surface area contributed by atoms with Gasteiger partial charge in [0.15, 0.2) is 0 Å². The number of aromatic nitrogens is 5. The van der Waals surface area contributed by atoms with Gasteiger partial charge >= 0.3 is 0 Å². The molecule has 2 aromatic rings. The predicted octanol–water partition coefficient (Wildman–Crippen LogP) is 0.204. The van der Waals surface area contributed by atoms with Crippen LogP contribution in [0.5, 0.6) is 0 Å². The van der Waals surface area contributed by atoms with Gasteiger partial charge in [0.05, 0.1) is 12.3 Å². The second kappa shape index (κ2) is 4.22. The highest BCUT2D eigenvalue weighted by atomic mass is 16.3. The number of aliphatic hydroxyl groups excluding tert-OH is 1. The number of aliphatic hydroxyl groups is 1. The van der Waals surface area contributed by atoms with Crippen LogP contribution < -0.4 is 0 Å². The first-order valence-electron chi connectivity index (χ1n) is 4.78. The minimum atomic E-state index is -0.571. The maximum atomic E-state index is 9.75. The number of rotatable bonds is 4. The lowest BCUT2D eigenvalue weighted by atomic mass is 10.1. The van der Waals surface area contributed by atoms with Gasteiger partial charge in [-0.3, -0.25) is 4.68 Å². The highest BCUT2D eigenvalue weighted by molar-refractivity contribution is 5.02. The third-order valence-electron chi connectivity index (χ3n) is 2.37. The maximum Gasteiger partial charge on any atom is 0.111 e.